The minimum absolute atomic E-state index is 0.0476. The Balaban J connectivity index is 1.15. The van der Waals surface area contributed by atoms with Gasteiger partial charge in [0.2, 0.25) is 5.91 Å². The molecule has 3 N–H and O–H groups in total. The highest BCUT2D eigenvalue weighted by Crippen LogP contribution is 2.37. The zero-order valence-corrected chi connectivity index (χ0v) is 31.3. The number of carbonyl (C=O) groups excluding carboxylic acids is 4. The van der Waals surface area contributed by atoms with Crippen LogP contribution in [-0.4, -0.2) is 30.3 Å². The van der Waals surface area contributed by atoms with E-state index in [1.165, 1.54) is 11.8 Å². The molecular weight excluding hydrogens is 723 g/mol. The summed E-state index contributed by atoms with van der Waals surface area (Å²) in [4.78, 5) is 53.4. The lowest BCUT2D eigenvalue weighted by atomic mass is 10.1. The lowest BCUT2D eigenvalue weighted by Gasteiger charge is -2.18. The number of hydrogen-bond acceptors (Lipinski definition) is 7. The van der Waals surface area contributed by atoms with Crippen molar-refractivity contribution in [1.82, 2.24) is 5.32 Å². The molecule has 6 aromatic rings. The summed E-state index contributed by atoms with van der Waals surface area (Å²) in [7, 11) is 0. The fourth-order valence-corrected chi connectivity index (χ4v) is 6.50. The van der Waals surface area contributed by atoms with Crippen molar-refractivity contribution in [3.05, 3.63) is 197 Å². The molecule has 6 aromatic carbocycles. The lowest BCUT2D eigenvalue weighted by Crippen LogP contribution is -2.30. The summed E-state index contributed by atoms with van der Waals surface area (Å²) < 4.78 is 11.0. The molecular formula is C46H39N3O6S. The Kier molecular flexibility index (Phi) is 13.5. The number of anilines is 2. The molecule has 1 atom stereocenters. The van der Waals surface area contributed by atoms with Crippen molar-refractivity contribution >= 4 is 52.9 Å². The van der Waals surface area contributed by atoms with Crippen LogP contribution in [0.1, 0.15) is 49.6 Å². The first-order valence-corrected chi connectivity index (χ1v) is 18.8. The Hall–Kier alpha value is -6.91. The second-order valence-corrected chi connectivity index (χ2v) is 13.6. The van der Waals surface area contributed by atoms with Crippen molar-refractivity contribution < 1.29 is 28.7 Å². The second-order valence-electron chi connectivity index (χ2n) is 12.4. The predicted molar refractivity (Wildman–Crippen MR) is 220 cm³/mol. The number of carbonyl (C=O) groups is 4. The van der Waals surface area contributed by atoms with Gasteiger partial charge in [-0.1, -0.05) is 91.0 Å². The van der Waals surface area contributed by atoms with Gasteiger partial charge in [-0.25, -0.2) is 4.79 Å². The molecule has 0 aliphatic carbocycles. The summed E-state index contributed by atoms with van der Waals surface area (Å²) in [6.07, 6.45) is 1.61. The molecule has 0 saturated heterocycles. The van der Waals surface area contributed by atoms with E-state index in [-0.39, 0.29) is 18.2 Å². The van der Waals surface area contributed by atoms with Gasteiger partial charge in [0.25, 0.3) is 11.8 Å². The van der Waals surface area contributed by atoms with E-state index in [1.54, 1.807) is 73.7 Å². The molecule has 0 radical (unpaired) electrons. The number of amides is 3. The molecule has 10 heteroatoms. The van der Waals surface area contributed by atoms with Gasteiger partial charge >= 0.3 is 5.97 Å². The van der Waals surface area contributed by atoms with Crippen LogP contribution < -0.4 is 20.7 Å². The van der Waals surface area contributed by atoms with E-state index < -0.39 is 23.0 Å². The molecule has 9 nitrogen and oxygen atoms in total. The van der Waals surface area contributed by atoms with Crippen molar-refractivity contribution in [1.29, 1.82) is 0 Å². The number of benzene rings is 6. The number of esters is 1. The summed E-state index contributed by atoms with van der Waals surface area (Å²) in [5, 5.41) is 8.01. The van der Waals surface area contributed by atoms with Crippen LogP contribution in [0.5, 0.6) is 5.75 Å². The number of hydrogen-bond donors (Lipinski definition) is 3. The van der Waals surface area contributed by atoms with Gasteiger partial charge in [-0.3, -0.25) is 14.4 Å². The molecule has 0 bridgehead atoms. The Labute approximate surface area is 329 Å². The van der Waals surface area contributed by atoms with Crippen molar-refractivity contribution in [2.75, 3.05) is 17.2 Å². The quantitative estimate of drug-likeness (QED) is 0.0542. The standard InChI is InChI=1S/C46H39N3O6S/c1-2-54-46(53)36-20-22-37(23-21-36)48-45(52)42(34-14-8-4-9-15-34)56-40-28-24-38(25-29-40)47-44(51)41(49-43(50)35-16-10-5-11-17-35)30-32-18-26-39(27-19-32)55-31-33-12-6-3-7-13-33/h3-30,42H,2,31H2,1H3,(H,47,51)(H,48,52)(H,49,50)/b41-30-. The third-order valence-corrected chi connectivity index (χ3v) is 9.60. The molecule has 0 aliphatic heterocycles. The number of rotatable bonds is 15. The van der Waals surface area contributed by atoms with Crippen molar-refractivity contribution in [3.8, 4) is 5.75 Å². The van der Waals surface area contributed by atoms with E-state index in [1.807, 2.05) is 103 Å². The number of thioether (sulfide) groups is 1. The van der Waals surface area contributed by atoms with Crippen LogP contribution in [0.2, 0.25) is 0 Å². The Morgan fingerprint density at radius 2 is 1.23 bits per heavy atom. The topological polar surface area (TPSA) is 123 Å². The summed E-state index contributed by atoms with van der Waals surface area (Å²) in [5.74, 6) is -0.957. The molecule has 280 valence electrons. The minimum Gasteiger partial charge on any atom is -0.489 e. The summed E-state index contributed by atoms with van der Waals surface area (Å²) >= 11 is 1.35. The fourth-order valence-electron chi connectivity index (χ4n) is 5.47. The molecule has 3 amide bonds. The summed E-state index contributed by atoms with van der Waals surface area (Å²) in [6, 6.07) is 48.8. The smallest absolute Gasteiger partial charge is 0.338 e. The van der Waals surface area contributed by atoms with Crippen LogP contribution in [0.15, 0.2) is 174 Å². The number of nitrogens with one attached hydrogen (secondary N) is 3. The van der Waals surface area contributed by atoms with Gasteiger partial charge in [0.1, 0.15) is 23.3 Å². The highest BCUT2D eigenvalue weighted by molar-refractivity contribution is 8.00. The number of ether oxygens (including phenoxy) is 2. The van der Waals surface area contributed by atoms with Crippen LogP contribution in [0.4, 0.5) is 11.4 Å². The first-order chi connectivity index (χ1) is 27.3. The third-order valence-electron chi connectivity index (χ3n) is 8.34. The predicted octanol–water partition coefficient (Wildman–Crippen LogP) is 9.32. The van der Waals surface area contributed by atoms with Crippen LogP contribution >= 0.6 is 11.8 Å². The largest absolute Gasteiger partial charge is 0.489 e. The van der Waals surface area contributed by atoms with Gasteiger partial charge in [0, 0.05) is 21.8 Å². The van der Waals surface area contributed by atoms with Crippen molar-refractivity contribution in [2.24, 2.45) is 0 Å². The van der Waals surface area contributed by atoms with Gasteiger partial charge in [-0.05, 0) is 102 Å². The van der Waals surface area contributed by atoms with Gasteiger partial charge in [-0.15, -0.1) is 11.8 Å². The van der Waals surface area contributed by atoms with Crippen LogP contribution in [0.3, 0.4) is 0 Å². The highest BCUT2D eigenvalue weighted by atomic mass is 32.2. The molecule has 1 unspecified atom stereocenters. The molecule has 0 fully saturated rings. The first kappa shape index (κ1) is 38.8. The van der Waals surface area contributed by atoms with E-state index in [0.717, 1.165) is 16.0 Å². The summed E-state index contributed by atoms with van der Waals surface area (Å²) in [5.41, 5.74) is 4.41. The van der Waals surface area contributed by atoms with Crippen LogP contribution in [0.25, 0.3) is 6.08 Å². The maximum atomic E-state index is 13.7. The normalized spacial score (nSPS) is 11.5. The van der Waals surface area contributed by atoms with E-state index >= 15 is 0 Å². The monoisotopic (exact) mass is 761 g/mol. The van der Waals surface area contributed by atoms with Gasteiger partial charge < -0.3 is 25.4 Å². The van der Waals surface area contributed by atoms with Crippen LogP contribution in [0, 0.1) is 0 Å². The molecule has 56 heavy (non-hydrogen) atoms. The van der Waals surface area contributed by atoms with E-state index in [4.69, 9.17) is 9.47 Å². The second kappa shape index (κ2) is 19.4. The van der Waals surface area contributed by atoms with E-state index in [9.17, 15) is 19.2 Å². The van der Waals surface area contributed by atoms with Crippen LogP contribution in [-0.2, 0) is 20.9 Å². The maximum Gasteiger partial charge on any atom is 0.338 e. The van der Waals surface area contributed by atoms with Gasteiger partial charge in [-0.2, -0.15) is 0 Å². The molecule has 0 spiro atoms. The first-order valence-electron chi connectivity index (χ1n) is 17.9. The Bertz CT molecular complexity index is 2260. The van der Waals surface area contributed by atoms with Crippen molar-refractivity contribution in [3.63, 3.8) is 0 Å². The third kappa shape index (κ3) is 11.1. The van der Waals surface area contributed by atoms with Gasteiger partial charge in [0.15, 0.2) is 0 Å². The van der Waals surface area contributed by atoms with Gasteiger partial charge in [0.05, 0.1) is 12.2 Å². The summed E-state index contributed by atoms with van der Waals surface area (Å²) in [6.45, 7) is 2.43. The average Bonchev–Trinajstić information content (AvgIpc) is 3.24. The fraction of sp³-hybridized carbons (Fsp3) is 0.0870. The van der Waals surface area contributed by atoms with Crippen molar-refractivity contribution in [2.45, 2.75) is 23.7 Å². The zero-order valence-electron chi connectivity index (χ0n) is 30.5. The molecule has 0 aliphatic rings. The van der Waals surface area contributed by atoms with E-state index in [0.29, 0.717) is 40.4 Å². The highest BCUT2D eigenvalue weighted by Gasteiger charge is 2.23. The molecule has 0 aromatic heterocycles. The molecule has 0 saturated carbocycles. The zero-order chi connectivity index (χ0) is 39.1. The Morgan fingerprint density at radius 1 is 0.643 bits per heavy atom. The molecule has 6 rings (SSSR count). The van der Waals surface area contributed by atoms with E-state index in [2.05, 4.69) is 16.0 Å². The lowest BCUT2D eigenvalue weighted by molar-refractivity contribution is -0.116. The maximum absolute atomic E-state index is 13.7. The SMILES string of the molecule is CCOC(=O)c1ccc(NC(=O)C(Sc2ccc(NC(=O)/C(=C/c3ccc(OCc4ccccc4)cc3)NC(=O)c3ccccc3)cc2)c2ccccc2)cc1. The Morgan fingerprint density at radius 3 is 1.88 bits per heavy atom. The molecule has 0 heterocycles. The average molecular weight is 762 g/mol. The minimum atomic E-state index is -0.612.